The van der Waals surface area contributed by atoms with Gasteiger partial charge in [0.1, 0.15) is 0 Å². The van der Waals surface area contributed by atoms with E-state index in [1.807, 2.05) is 40.8 Å². The number of nitrogens with one attached hydrogen (secondary N) is 2. The molecule has 2 N–H and O–H groups in total. The Labute approximate surface area is 136 Å². The minimum absolute atomic E-state index is 0.716. The molecule has 22 heavy (non-hydrogen) atoms. The van der Waals surface area contributed by atoms with Crippen molar-refractivity contribution >= 4 is 17.7 Å². The molecule has 0 radical (unpaired) electrons. The van der Waals surface area contributed by atoms with Crippen molar-refractivity contribution in [1.29, 1.82) is 0 Å². The third-order valence-electron chi connectivity index (χ3n) is 3.16. The Balaban J connectivity index is 1.81. The molecular weight excluding hydrogens is 294 g/mol. The number of aromatic nitrogens is 2. The molecule has 0 saturated heterocycles. The van der Waals surface area contributed by atoms with Gasteiger partial charge in [-0.15, -0.1) is 0 Å². The Bertz CT molecular complexity index is 579. The predicted octanol–water partition coefficient (Wildman–Crippen LogP) is 1.96. The van der Waals surface area contributed by atoms with Crippen LogP contribution in [-0.4, -0.2) is 41.3 Å². The lowest BCUT2D eigenvalue weighted by molar-refractivity contribution is 0.685. The molecule has 0 unspecified atom stereocenters. The lowest BCUT2D eigenvalue weighted by Crippen LogP contribution is -2.37. The normalized spacial score (nSPS) is 11.5. The van der Waals surface area contributed by atoms with Gasteiger partial charge in [0.2, 0.25) is 0 Å². The Hall–Kier alpha value is -1.95. The Morgan fingerprint density at radius 1 is 1.23 bits per heavy atom. The van der Waals surface area contributed by atoms with Crippen LogP contribution in [-0.2, 0) is 13.1 Å². The zero-order chi connectivity index (χ0) is 15.6. The highest BCUT2D eigenvalue weighted by atomic mass is 32.2. The van der Waals surface area contributed by atoms with E-state index in [2.05, 4.69) is 45.3 Å². The number of guanidine groups is 1. The van der Waals surface area contributed by atoms with E-state index in [0.717, 1.165) is 30.4 Å². The van der Waals surface area contributed by atoms with Crippen molar-refractivity contribution in [3.8, 4) is 0 Å². The molecular formula is C16H23N5S. The van der Waals surface area contributed by atoms with E-state index in [1.165, 1.54) is 5.56 Å². The first-order valence-electron chi connectivity index (χ1n) is 7.30. The van der Waals surface area contributed by atoms with Gasteiger partial charge in [0.15, 0.2) is 5.96 Å². The van der Waals surface area contributed by atoms with Gasteiger partial charge in [-0.3, -0.25) is 9.67 Å². The maximum atomic E-state index is 4.40. The summed E-state index contributed by atoms with van der Waals surface area (Å²) in [7, 11) is 1.78. The van der Waals surface area contributed by atoms with E-state index < -0.39 is 0 Å². The number of aliphatic imine (C=N–C) groups is 1. The first kappa shape index (κ1) is 16.4. The molecule has 2 aromatic rings. The second-order valence-corrected chi connectivity index (χ2v) is 5.86. The Morgan fingerprint density at radius 3 is 2.77 bits per heavy atom. The minimum atomic E-state index is 0.716. The van der Waals surface area contributed by atoms with Crippen LogP contribution in [0.2, 0.25) is 0 Å². The number of nitrogens with zero attached hydrogens (tertiary/aromatic N) is 3. The minimum Gasteiger partial charge on any atom is -0.356 e. The summed E-state index contributed by atoms with van der Waals surface area (Å²) in [6.45, 7) is 2.42. The quantitative estimate of drug-likeness (QED) is 0.466. The van der Waals surface area contributed by atoms with Crippen LogP contribution < -0.4 is 10.6 Å². The summed E-state index contributed by atoms with van der Waals surface area (Å²) in [5, 5.41) is 11.0. The lowest BCUT2D eigenvalue weighted by atomic mass is 10.2. The van der Waals surface area contributed by atoms with E-state index in [4.69, 9.17) is 0 Å². The van der Waals surface area contributed by atoms with Crippen molar-refractivity contribution in [1.82, 2.24) is 20.4 Å². The highest BCUT2D eigenvalue weighted by Gasteiger charge is 2.01. The fourth-order valence-electron chi connectivity index (χ4n) is 2.03. The fourth-order valence-corrected chi connectivity index (χ4v) is 2.34. The summed E-state index contributed by atoms with van der Waals surface area (Å²) >= 11 is 1.81. The monoisotopic (exact) mass is 317 g/mol. The number of hydrogen-bond donors (Lipinski definition) is 2. The van der Waals surface area contributed by atoms with Crippen LogP contribution in [0.4, 0.5) is 0 Å². The van der Waals surface area contributed by atoms with Crippen LogP contribution in [0.3, 0.4) is 0 Å². The van der Waals surface area contributed by atoms with Gasteiger partial charge < -0.3 is 10.6 Å². The molecule has 0 fully saturated rings. The van der Waals surface area contributed by atoms with E-state index in [1.54, 1.807) is 7.05 Å². The second kappa shape index (κ2) is 9.15. The molecule has 118 valence electrons. The van der Waals surface area contributed by atoms with Crippen LogP contribution in [0.1, 0.15) is 11.1 Å². The zero-order valence-corrected chi connectivity index (χ0v) is 13.9. The third kappa shape index (κ3) is 5.44. The number of rotatable bonds is 7. The topological polar surface area (TPSA) is 54.2 Å². The predicted molar refractivity (Wildman–Crippen MR) is 94.4 cm³/mol. The number of benzene rings is 1. The molecule has 2 rings (SSSR count). The van der Waals surface area contributed by atoms with Crippen molar-refractivity contribution < 1.29 is 0 Å². The van der Waals surface area contributed by atoms with Gasteiger partial charge in [0, 0.05) is 37.7 Å². The molecule has 0 spiro atoms. The molecule has 6 heteroatoms. The molecule has 1 heterocycles. The van der Waals surface area contributed by atoms with Crippen LogP contribution in [0, 0.1) is 0 Å². The maximum absolute atomic E-state index is 4.40. The van der Waals surface area contributed by atoms with Crippen LogP contribution >= 0.6 is 11.8 Å². The van der Waals surface area contributed by atoms with Crippen LogP contribution in [0.25, 0.3) is 0 Å². The standard InChI is InChI=1S/C16H23N5S/c1-17-16(18-8-9-22-2)19-10-15-11-20-21(13-15)12-14-6-4-3-5-7-14/h3-7,11,13H,8-10,12H2,1-2H3,(H2,17,18,19). The summed E-state index contributed by atoms with van der Waals surface area (Å²) in [5.41, 5.74) is 2.39. The molecule has 0 aliphatic rings. The lowest BCUT2D eigenvalue weighted by Gasteiger charge is -2.10. The number of hydrogen-bond acceptors (Lipinski definition) is 3. The smallest absolute Gasteiger partial charge is 0.191 e. The summed E-state index contributed by atoms with van der Waals surface area (Å²) in [6.07, 6.45) is 6.05. The van der Waals surface area contributed by atoms with Gasteiger partial charge in [0.05, 0.1) is 12.7 Å². The number of thioether (sulfide) groups is 1. The average Bonchev–Trinajstić information content (AvgIpc) is 2.99. The Kier molecular flexibility index (Phi) is 6.83. The van der Waals surface area contributed by atoms with Gasteiger partial charge in [-0.05, 0) is 11.8 Å². The van der Waals surface area contributed by atoms with E-state index >= 15 is 0 Å². The van der Waals surface area contributed by atoms with Gasteiger partial charge >= 0.3 is 0 Å². The molecule has 0 aliphatic carbocycles. The van der Waals surface area contributed by atoms with Gasteiger partial charge in [0.25, 0.3) is 0 Å². The van der Waals surface area contributed by atoms with Crippen LogP contribution in [0.15, 0.2) is 47.7 Å². The first-order valence-corrected chi connectivity index (χ1v) is 8.70. The van der Waals surface area contributed by atoms with Gasteiger partial charge in [-0.2, -0.15) is 16.9 Å². The molecule has 0 aliphatic heterocycles. The highest BCUT2D eigenvalue weighted by Crippen LogP contribution is 2.03. The van der Waals surface area contributed by atoms with Crippen molar-refractivity contribution in [2.75, 3.05) is 25.6 Å². The van der Waals surface area contributed by atoms with Gasteiger partial charge in [-0.1, -0.05) is 30.3 Å². The fraction of sp³-hybridized carbons (Fsp3) is 0.375. The third-order valence-corrected chi connectivity index (χ3v) is 3.77. The molecule has 0 amide bonds. The first-order chi connectivity index (χ1) is 10.8. The van der Waals surface area contributed by atoms with Crippen molar-refractivity contribution in [2.24, 2.45) is 4.99 Å². The summed E-state index contributed by atoms with van der Waals surface area (Å²) in [6, 6.07) is 10.3. The molecule has 0 bridgehead atoms. The summed E-state index contributed by atoms with van der Waals surface area (Å²) < 4.78 is 1.95. The van der Waals surface area contributed by atoms with E-state index in [0.29, 0.717) is 6.54 Å². The van der Waals surface area contributed by atoms with Crippen molar-refractivity contribution in [2.45, 2.75) is 13.1 Å². The maximum Gasteiger partial charge on any atom is 0.191 e. The molecule has 0 saturated carbocycles. The molecule has 1 aromatic carbocycles. The van der Waals surface area contributed by atoms with Crippen molar-refractivity contribution in [3.05, 3.63) is 53.9 Å². The molecule has 1 aromatic heterocycles. The van der Waals surface area contributed by atoms with Crippen molar-refractivity contribution in [3.63, 3.8) is 0 Å². The average molecular weight is 317 g/mol. The van der Waals surface area contributed by atoms with Gasteiger partial charge in [-0.25, -0.2) is 0 Å². The zero-order valence-electron chi connectivity index (χ0n) is 13.1. The molecule has 0 atom stereocenters. The van der Waals surface area contributed by atoms with E-state index in [9.17, 15) is 0 Å². The summed E-state index contributed by atoms with van der Waals surface area (Å²) in [4.78, 5) is 4.21. The second-order valence-electron chi connectivity index (χ2n) is 4.88. The molecule has 5 nitrogen and oxygen atoms in total. The summed E-state index contributed by atoms with van der Waals surface area (Å²) in [5.74, 6) is 1.89. The van der Waals surface area contributed by atoms with E-state index in [-0.39, 0.29) is 0 Å². The SMILES string of the molecule is CN=C(NCCSC)NCc1cnn(Cc2ccccc2)c1. The highest BCUT2D eigenvalue weighted by molar-refractivity contribution is 7.98. The Morgan fingerprint density at radius 2 is 2.05 bits per heavy atom. The van der Waals surface area contributed by atoms with Crippen LogP contribution in [0.5, 0.6) is 0 Å². The largest absolute Gasteiger partial charge is 0.356 e.